The zero-order chi connectivity index (χ0) is 10.6. The molecule has 0 aliphatic rings. The molecule has 0 heterocycles. The van der Waals surface area contributed by atoms with E-state index in [2.05, 4.69) is 4.74 Å². The van der Waals surface area contributed by atoms with Gasteiger partial charge in [0.2, 0.25) is 0 Å². The molecular weight excluding hydrogens is 180 g/mol. The van der Waals surface area contributed by atoms with Crippen molar-refractivity contribution >= 4 is 5.97 Å². The fourth-order valence-electron chi connectivity index (χ4n) is 1.22. The molecule has 0 amide bonds. The number of methoxy groups -OCH3 is 1. The van der Waals surface area contributed by atoms with Crippen molar-refractivity contribution in [3.05, 3.63) is 29.3 Å². The molecule has 0 fully saturated rings. The highest BCUT2D eigenvalue weighted by molar-refractivity contribution is 5.74. The van der Waals surface area contributed by atoms with E-state index in [0.29, 0.717) is 5.75 Å². The predicted octanol–water partition coefficient (Wildman–Crippen LogP) is 1.86. The number of aryl methyl sites for hydroxylation is 2. The van der Waals surface area contributed by atoms with Crippen molar-refractivity contribution in [2.45, 2.75) is 13.8 Å². The van der Waals surface area contributed by atoms with E-state index >= 15 is 0 Å². The molecule has 3 heteroatoms. The Balaban J connectivity index is 2.80. The van der Waals surface area contributed by atoms with Gasteiger partial charge in [-0.05, 0) is 25.0 Å². The number of carbonyl (C=O) groups is 1. The van der Waals surface area contributed by atoms with Gasteiger partial charge in [0.1, 0.15) is 12.4 Å². The number of hydrogen-bond acceptors (Lipinski definition) is 3. The highest BCUT2D eigenvalue weighted by Crippen LogP contribution is 2.22. The van der Waals surface area contributed by atoms with E-state index in [-0.39, 0.29) is 12.6 Å². The van der Waals surface area contributed by atoms with Crippen molar-refractivity contribution in [2.75, 3.05) is 13.7 Å². The van der Waals surface area contributed by atoms with Gasteiger partial charge in [-0.15, -0.1) is 0 Å². The lowest BCUT2D eigenvalue weighted by Crippen LogP contribution is -2.15. The topological polar surface area (TPSA) is 35.5 Å². The van der Waals surface area contributed by atoms with Crippen LogP contribution in [-0.2, 0) is 9.53 Å². The van der Waals surface area contributed by atoms with Gasteiger partial charge in [0.15, 0.2) is 0 Å². The minimum absolute atomic E-state index is 0.0201. The maximum atomic E-state index is 11.2. The molecular formula is C11H14O3. The summed E-state index contributed by atoms with van der Waals surface area (Å²) in [5.74, 6) is 0.263. The summed E-state index contributed by atoms with van der Waals surface area (Å²) in [5.41, 5.74) is 1.91. The van der Waals surface area contributed by atoms with Crippen LogP contribution in [0, 0.1) is 13.8 Å². The zero-order valence-corrected chi connectivity index (χ0v) is 8.66. The molecule has 0 atom stereocenters. The summed E-state index contributed by atoms with van der Waals surface area (Å²) in [7, 11) is 1.46. The van der Waals surface area contributed by atoms with Crippen LogP contribution < -0.4 is 4.74 Å². The fourth-order valence-corrected chi connectivity index (χ4v) is 1.22. The molecule has 1 aromatic rings. The number of hydrogen-bond donors (Lipinski definition) is 0. The second kappa shape index (κ2) is 4.77. The van der Waals surface area contributed by atoms with Crippen LogP contribution in [0.3, 0.4) is 0 Å². The maximum absolute atomic E-state index is 11.2. The third-order valence-electron chi connectivity index (χ3n) is 1.89. The molecule has 0 aliphatic heterocycles. The Bertz CT molecular complexity index is 311. The number of ether oxygens (including phenoxy) is 2. The number of esters is 1. The van der Waals surface area contributed by atoms with E-state index in [1.807, 2.05) is 32.0 Å². The molecule has 0 N–H and O–H groups in total. The third kappa shape index (κ3) is 2.57. The van der Waals surface area contributed by atoms with Gasteiger partial charge in [-0.2, -0.15) is 0 Å². The first kappa shape index (κ1) is 10.7. The lowest BCUT2D eigenvalue weighted by Gasteiger charge is -2.09. The molecule has 0 saturated carbocycles. The Morgan fingerprint density at radius 1 is 1.29 bits per heavy atom. The molecule has 0 saturated heterocycles. The van der Waals surface area contributed by atoms with Crippen LogP contribution in [0.2, 0.25) is 0 Å². The van der Waals surface area contributed by atoms with Gasteiger partial charge >= 0.3 is 5.97 Å². The highest BCUT2D eigenvalue weighted by atomic mass is 16.6. The summed E-state index contributed by atoms with van der Waals surface area (Å²) in [6.45, 7) is 3.79. The number of para-hydroxylation sites is 1. The predicted molar refractivity (Wildman–Crippen MR) is 53.4 cm³/mol. The van der Waals surface area contributed by atoms with Gasteiger partial charge in [0, 0.05) is 7.11 Å². The maximum Gasteiger partial charge on any atom is 0.337 e. The van der Waals surface area contributed by atoms with Crippen molar-refractivity contribution in [2.24, 2.45) is 0 Å². The van der Waals surface area contributed by atoms with Gasteiger partial charge in [-0.25, -0.2) is 4.79 Å². The van der Waals surface area contributed by atoms with Crippen LogP contribution in [0.1, 0.15) is 11.1 Å². The van der Waals surface area contributed by atoms with Crippen LogP contribution >= 0.6 is 0 Å². The largest absolute Gasteiger partial charge is 0.424 e. The third-order valence-corrected chi connectivity index (χ3v) is 1.89. The molecule has 1 aromatic carbocycles. The summed E-state index contributed by atoms with van der Waals surface area (Å²) >= 11 is 0. The molecule has 0 spiro atoms. The average Bonchev–Trinajstić information content (AvgIpc) is 2.12. The van der Waals surface area contributed by atoms with E-state index in [0.717, 1.165) is 11.1 Å². The molecule has 0 radical (unpaired) electrons. The Labute approximate surface area is 83.6 Å². The van der Waals surface area contributed by atoms with Crippen molar-refractivity contribution < 1.29 is 14.3 Å². The number of rotatable bonds is 3. The zero-order valence-electron chi connectivity index (χ0n) is 8.66. The van der Waals surface area contributed by atoms with Crippen LogP contribution in [0.4, 0.5) is 0 Å². The number of carbonyl (C=O) groups excluding carboxylic acids is 1. The molecule has 0 unspecified atom stereocenters. The summed E-state index contributed by atoms with van der Waals surface area (Å²) < 4.78 is 9.83. The standard InChI is InChI=1S/C11H14O3/c1-8-5-4-6-9(2)11(8)14-10(12)7-13-3/h4-6H,7H2,1-3H3. The minimum atomic E-state index is -0.370. The van der Waals surface area contributed by atoms with Gasteiger partial charge in [0.25, 0.3) is 0 Å². The molecule has 3 nitrogen and oxygen atoms in total. The van der Waals surface area contributed by atoms with Crippen molar-refractivity contribution in [3.63, 3.8) is 0 Å². The van der Waals surface area contributed by atoms with Crippen LogP contribution in [0.5, 0.6) is 5.75 Å². The molecule has 0 aromatic heterocycles. The van der Waals surface area contributed by atoms with Crippen LogP contribution in [0.25, 0.3) is 0 Å². The lowest BCUT2D eigenvalue weighted by atomic mass is 10.1. The Kier molecular flexibility index (Phi) is 3.65. The molecule has 0 bridgehead atoms. The normalized spacial score (nSPS) is 9.93. The van der Waals surface area contributed by atoms with E-state index in [1.54, 1.807) is 0 Å². The minimum Gasteiger partial charge on any atom is -0.424 e. The smallest absolute Gasteiger partial charge is 0.337 e. The van der Waals surface area contributed by atoms with Crippen LogP contribution in [-0.4, -0.2) is 19.7 Å². The lowest BCUT2D eigenvalue weighted by molar-refractivity contribution is -0.138. The summed E-state index contributed by atoms with van der Waals surface area (Å²) in [4.78, 5) is 11.2. The molecule has 14 heavy (non-hydrogen) atoms. The first-order valence-corrected chi connectivity index (χ1v) is 4.41. The second-order valence-electron chi connectivity index (χ2n) is 3.13. The summed E-state index contributed by atoms with van der Waals surface area (Å²) in [6.07, 6.45) is 0. The summed E-state index contributed by atoms with van der Waals surface area (Å²) in [5, 5.41) is 0. The molecule has 76 valence electrons. The van der Waals surface area contributed by atoms with E-state index < -0.39 is 0 Å². The van der Waals surface area contributed by atoms with Gasteiger partial charge in [-0.1, -0.05) is 18.2 Å². The first-order valence-electron chi connectivity index (χ1n) is 4.41. The molecule has 1 rings (SSSR count). The molecule has 0 aliphatic carbocycles. The van der Waals surface area contributed by atoms with Gasteiger partial charge < -0.3 is 9.47 Å². The number of benzene rings is 1. The SMILES string of the molecule is COCC(=O)Oc1c(C)cccc1C. The summed E-state index contributed by atoms with van der Waals surface area (Å²) in [6, 6.07) is 5.74. The van der Waals surface area contributed by atoms with Crippen molar-refractivity contribution in [1.82, 2.24) is 0 Å². The van der Waals surface area contributed by atoms with Gasteiger partial charge in [-0.3, -0.25) is 0 Å². The van der Waals surface area contributed by atoms with E-state index in [1.165, 1.54) is 7.11 Å². The Morgan fingerprint density at radius 3 is 2.36 bits per heavy atom. The average molecular weight is 194 g/mol. The van der Waals surface area contributed by atoms with E-state index in [9.17, 15) is 4.79 Å². The first-order chi connectivity index (χ1) is 6.65. The van der Waals surface area contributed by atoms with Gasteiger partial charge in [0.05, 0.1) is 0 Å². The Hall–Kier alpha value is -1.35. The highest BCUT2D eigenvalue weighted by Gasteiger charge is 2.08. The Morgan fingerprint density at radius 2 is 1.86 bits per heavy atom. The second-order valence-corrected chi connectivity index (χ2v) is 3.13. The van der Waals surface area contributed by atoms with E-state index in [4.69, 9.17) is 4.74 Å². The fraction of sp³-hybridized carbons (Fsp3) is 0.364. The monoisotopic (exact) mass is 194 g/mol. The van der Waals surface area contributed by atoms with Crippen molar-refractivity contribution in [3.8, 4) is 5.75 Å². The van der Waals surface area contributed by atoms with Crippen molar-refractivity contribution in [1.29, 1.82) is 0 Å². The van der Waals surface area contributed by atoms with Crippen LogP contribution in [0.15, 0.2) is 18.2 Å². The quantitative estimate of drug-likeness (QED) is 0.544.